The minimum Gasteiger partial charge on any atom is -0.477 e. The van der Waals surface area contributed by atoms with Gasteiger partial charge in [0.15, 0.2) is 5.82 Å². The van der Waals surface area contributed by atoms with Gasteiger partial charge in [-0.1, -0.05) is 28.1 Å². The molecule has 82 valence electrons. The van der Waals surface area contributed by atoms with Crippen molar-refractivity contribution in [3.63, 3.8) is 0 Å². The first kappa shape index (κ1) is 10.7. The van der Waals surface area contributed by atoms with Gasteiger partial charge in [-0.05, 0) is 12.1 Å². The van der Waals surface area contributed by atoms with E-state index < -0.39 is 5.97 Å². The van der Waals surface area contributed by atoms with Gasteiger partial charge in [0.05, 0.1) is 5.69 Å². The van der Waals surface area contributed by atoms with Crippen LogP contribution in [0.2, 0.25) is 0 Å². The predicted octanol–water partition coefficient (Wildman–Crippen LogP) is 2.12. The monoisotopic (exact) mass is 281 g/mol. The molecule has 0 amide bonds. The van der Waals surface area contributed by atoms with Gasteiger partial charge in [0.2, 0.25) is 0 Å². The Morgan fingerprint density at radius 1 is 1.50 bits per heavy atom. The minimum atomic E-state index is -1.10. The summed E-state index contributed by atoms with van der Waals surface area (Å²) in [6.45, 7) is 0. The number of carbonyl (C=O) groups is 1. The number of carboxylic acid groups (broad SMARTS) is 1. The molecule has 0 unspecified atom stereocenters. The molecule has 0 saturated heterocycles. The van der Waals surface area contributed by atoms with Crippen molar-refractivity contribution in [3.05, 3.63) is 34.3 Å². The Labute approximate surface area is 99.4 Å². The first-order chi connectivity index (χ1) is 7.59. The molecule has 16 heavy (non-hydrogen) atoms. The number of H-pyrrole nitrogens is 1. The fourth-order valence-corrected chi connectivity index (χ4v) is 1.82. The first-order valence-corrected chi connectivity index (χ1v) is 5.22. The number of nitrogen functional groups attached to an aromatic ring is 1. The largest absolute Gasteiger partial charge is 0.477 e. The molecule has 0 fully saturated rings. The van der Waals surface area contributed by atoms with E-state index in [1.54, 1.807) is 12.1 Å². The van der Waals surface area contributed by atoms with Gasteiger partial charge < -0.3 is 10.8 Å². The number of aromatic amines is 1. The highest BCUT2D eigenvalue weighted by atomic mass is 79.9. The Kier molecular flexibility index (Phi) is 2.66. The molecule has 1 aromatic carbocycles. The Hall–Kier alpha value is -1.82. The second-order valence-corrected chi connectivity index (χ2v) is 4.09. The number of nitrogens with zero attached hydrogens (tertiary/aromatic N) is 1. The second kappa shape index (κ2) is 3.97. The maximum atomic E-state index is 11.0. The van der Waals surface area contributed by atoms with Crippen molar-refractivity contribution in [1.29, 1.82) is 0 Å². The zero-order chi connectivity index (χ0) is 11.7. The molecular weight excluding hydrogens is 274 g/mol. The van der Waals surface area contributed by atoms with E-state index in [2.05, 4.69) is 26.1 Å². The lowest BCUT2D eigenvalue weighted by molar-refractivity contribution is 0.0699. The molecule has 0 aliphatic carbocycles. The lowest BCUT2D eigenvalue weighted by Crippen LogP contribution is -2.01. The fourth-order valence-electron chi connectivity index (χ4n) is 1.43. The van der Waals surface area contributed by atoms with Crippen molar-refractivity contribution in [1.82, 2.24) is 10.2 Å². The number of nitrogens with two attached hydrogens (primary N) is 1. The summed E-state index contributed by atoms with van der Waals surface area (Å²) in [5.74, 6) is -1.11. The number of anilines is 1. The van der Waals surface area contributed by atoms with Crippen molar-refractivity contribution in [2.24, 2.45) is 0 Å². The van der Waals surface area contributed by atoms with Crippen molar-refractivity contribution >= 4 is 27.7 Å². The molecule has 0 saturated carbocycles. The summed E-state index contributed by atoms with van der Waals surface area (Å²) in [5, 5.41) is 15.3. The Morgan fingerprint density at radius 3 is 2.88 bits per heavy atom. The number of carboxylic acids is 1. The average Bonchev–Trinajstić information content (AvgIpc) is 2.60. The summed E-state index contributed by atoms with van der Waals surface area (Å²) in [4.78, 5) is 11.0. The van der Waals surface area contributed by atoms with Gasteiger partial charge in [0.25, 0.3) is 0 Å². The third-order valence-corrected chi connectivity index (χ3v) is 2.61. The third-order valence-electron chi connectivity index (χ3n) is 2.12. The molecule has 1 aromatic heterocycles. The molecular formula is C10H8BrN3O2. The highest BCUT2D eigenvalue weighted by molar-refractivity contribution is 9.10. The van der Waals surface area contributed by atoms with Crippen LogP contribution in [-0.2, 0) is 0 Å². The van der Waals surface area contributed by atoms with Gasteiger partial charge in [-0.25, -0.2) is 4.79 Å². The summed E-state index contributed by atoms with van der Waals surface area (Å²) in [7, 11) is 0. The number of hydrogen-bond acceptors (Lipinski definition) is 3. The van der Waals surface area contributed by atoms with Crippen molar-refractivity contribution < 1.29 is 9.90 Å². The highest BCUT2D eigenvalue weighted by Crippen LogP contribution is 2.27. The molecule has 0 aliphatic rings. The van der Waals surface area contributed by atoms with Gasteiger partial charge in [-0.2, -0.15) is 5.10 Å². The Morgan fingerprint density at radius 2 is 2.25 bits per heavy atom. The summed E-state index contributed by atoms with van der Waals surface area (Å²) in [6.07, 6.45) is 0. The number of nitrogens with one attached hydrogen (secondary N) is 1. The average molecular weight is 282 g/mol. The van der Waals surface area contributed by atoms with Crippen LogP contribution in [0.25, 0.3) is 11.3 Å². The quantitative estimate of drug-likeness (QED) is 0.786. The lowest BCUT2D eigenvalue weighted by atomic mass is 10.1. The standard InChI is InChI=1S/C10H8BrN3O2/c11-6-3-1-2-5(4-6)8-7(10(15)16)9(12)14-13-8/h1-4H,(H,15,16)(H3,12,13,14). The van der Waals surface area contributed by atoms with E-state index in [9.17, 15) is 4.79 Å². The zero-order valence-corrected chi connectivity index (χ0v) is 9.65. The highest BCUT2D eigenvalue weighted by Gasteiger charge is 2.18. The van der Waals surface area contributed by atoms with Crippen LogP contribution >= 0.6 is 15.9 Å². The maximum absolute atomic E-state index is 11.0. The predicted molar refractivity (Wildman–Crippen MR) is 63.1 cm³/mol. The van der Waals surface area contributed by atoms with Crippen LogP contribution < -0.4 is 5.73 Å². The van der Waals surface area contributed by atoms with Crippen molar-refractivity contribution in [2.75, 3.05) is 5.73 Å². The van der Waals surface area contributed by atoms with E-state index in [0.29, 0.717) is 5.69 Å². The fraction of sp³-hybridized carbons (Fsp3) is 0. The summed E-state index contributed by atoms with van der Waals surface area (Å²) >= 11 is 3.31. The molecule has 0 atom stereocenters. The summed E-state index contributed by atoms with van der Waals surface area (Å²) in [5.41, 5.74) is 6.61. The van der Waals surface area contributed by atoms with Crippen LogP contribution in [0, 0.1) is 0 Å². The van der Waals surface area contributed by atoms with E-state index in [1.807, 2.05) is 12.1 Å². The number of aromatic carboxylic acids is 1. The Balaban J connectivity index is 2.60. The van der Waals surface area contributed by atoms with E-state index in [-0.39, 0.29) is 11.4 Å². The summed E-state index contributed by atoms with van der Waals surface area (Å²) in [6, 6.07) is 7.23. The van der Waals surface area contributed by atoms with Crippen LogP contribution in [-0.4, -0.2) is 21.3 Å². The van der Waals surface area contributed by atoms with Crippen molar-refractivity contribution in [3.8, 4) is 11.3 Å². The van der Waals surface area contributed by atoms with Crippen LogP contribution in [0.1, 0.15) is 10.4 Å². The number of halogens is 1. The van der Waals surface area contributed by atoms with Gasteiger partial charge in [-0.15, -0.1) is 0 Å². The number of hydrogen-bond donors (Lipinski definition) is 3. The normalized spacial score (nSPS) is 10.3. The molecule has 4 N–H and O–H groups in total. The van der Waals surface area contributed by atoms with E-state index in [0.717, 1.165) is 10.0 Å². The Bertz CT molecular complexity index is 551. The van der Waals surface area contributed by atoms with Crippen LogP contribution in [0.3, 0.4) is 0 Å². The molecule has 0 bridgehead atoms. The topological polar surface area (TPSA) is 92.0 Å². The molecule has 2 rings (SSSR count). The van der Waals surface area contributed by atoms with Crippen LogP contribution in [0.5, 0.6) is 0 Å². The maximum Gasteiger partial charge on any atom is 0.341 e. The molecule has 6 heteroatoms. The van der Waals surface area contributed by atoms with Crippen LogP contribution in [0.15, 0.2) is 28.7 Å². The number of aromatic nitrogens is 2. The first-order valence-electron chi connectivity index (χ1n) is 4.42. The third kappa shape index (κ3) is 1.79. The van der Waals surface area contributed by atoms with Gasteiger partial charge in [0.1, 0.15) is 5.56 Å². The molecule has 1 heterocycles. The second-order valence-electron chi connectivity index (χ2n) is 3.17. The zero-order valence-electron chi connectivity index (χ0n) is 8.07. The van der Waals surface area contributed by atoms with Gasteiger partial charge >= 0.3 is 5.97 Å². The molecule has 5 nitrogen and oxygen atoms in total. The van der Waals surface area contributed by atoms with E-state index in [1.165, 1.54) is 0 Å². The smallest absolute Gasteiger partial charge is 0.341 e. The molecule has 0 aliphatic heterocycles. The number of rotatable bonds is 2. The molecule has 0 spiro atoms. The number of benzene rings is 1. The van der Waals surface area contributed by atoms with Gasteiger partial charge in [-0.3, -0.25) is 5.10 Å². The van der Waals surface area contributed by atoms with E-state index in [4.69, 9.17) is 10.8 Å². The van der Waals surface area contributed by atoms with Crippen molar-refractivity contribution in [2.45, 2.75) is 0 Å². The van der Waals surface area contributed by atoms with Gasteiger partial charge in [0, 0.05) is 10.0 Å². The summed E-state index contributed by atoms with van der Waals surface area (Å²) < 4.78 is 0.856. The van der Waals surface area contributed by atoms with Crippen LogP contribution in [0.4, 0.5) is 5.82 Å². The molecule has 0 radical (unpaired) electrons. The van der Waals surface area contributed by atoms with E-state index >= 15 is 0 Å². The SMILES string of the molecule is Nc1n[nH]c(-c2cccc(Br)c2)c1C(=O)O. The molecule has 2 aromatic rings. The minimum absolute atomic E-state index is 0.00176. The lowest BCUT2D eigenvalue weighted by Gasteiger charge is -2.00.